The van der Waals surface area contributed by atoms with Gasteiger partial charge in [0.2, 0.25) is 0 Å². The Balaban J connectivity index is 1.61. The van der Waals surface area contributed by atoms with E-state index in [1.165, 1.54) is 0 Å². The number of carbonyl (C=O) groups excluding carboxylic acids is 2. The molecule has 1 aliphatic rings. The minimum absolute atomic E-state index is 0.182. The zero-order valence-electron chi connectivity index (χ0n) is 18.5. The summed E-state index contributed by atoms with van der Waals surface area (Å²) in [5, 5.41) is 9.45. The second kappa shape index (κ2) is 11.0. The molecule has 3 aromatic rings. The first-order valence-corrected chi connectivity index (χ1v) is 12.5. The number of nitriles is 1. The average Bonchev–Trinajstić information content (AvgIpc) is 3.12. The van der Waals surface area contributed by atoms with E-state index in [2.05, 4.69) is 22.0 Å². The highest BCUT2D eigenvalue weighted by Crippen LogP contribution is 2.40. The Morgan fingerprint density at radius 2 is 1.86 bits per heavy atom. The molecule has 9 heteroatoms. The van der Waals surface area contributed by atoms with Crippen molar-refractivity contribution in [3.63, 3.8) is 0 Å². The molecule has 0 spiro atoms. The summed E-state index contributed by atoms with van der Waals surface area (Å²) < 4.78 is 12.4. The van der Waals surface area contributed by atoms with Gasteiger partial charge in [-0.25, -0.2) is 4.90 Å². The van der Waals surface area contributed by atoms with Crippen LogP contribution in [0.1, 0.15) is 23.6 Å². The number of imide groups is 1. The van der Waals surface area contributed by atoms with Crippen LogP contribution >= 0.6 is 39.3 Å². The molecule has 1 heterocycles. The summed E-state index contributed by atoms with van der Waals surface area (Å²) in [7, 11) is 0. The van der Waals surface area contributed by atoms with Crippen molar-refractivity contribution in [1.29, 1.82) is 5.26 Å². The standard InChI is InChI=1S/C26H18BrClN2O4S/c1-2-33-22-12-16(11-21(27)24(22)34-15-18-6-4-3-5-17(18)14-29)13-23-25(31)30(26(32)35-23)20-9-7-19(28)8-10-20/h3-13H,2,15H2,1H3/b23-13+. The third-order valence-electron chi connectivity index (χ3n) is 5.02. The smallest absolute Gasteiger partial charge is 0.298 e. The van der Waals surface area contributed by atoms with E-state index in [0.717, 1.165) is 22.2 Å². The quantitative estimate of drug-likeness (QED) is 0.280. The predicted molar refractivity (Wildman–Crippen MR) is 141 cm³/mol. The van der Waals surface area contributed by atoms with Crippen LogP contribution in [-0.2, 0) is 11.4 Å². The van der Waals surface area contributed by atoms with E-state index >= 15 is 0 Å². The Morgan fingerprint density at radius 1 is 1.11 bits per heavy atom. The van der Waals surface area contributed by atoms with Gasteiger partial charge in [0.1, 0.15) is 6.61 Å². The van der Waals surface area contributed by atoms with Gasteiger partial charge in [0.25, 0.3) is 11.1 Å². The second-order valence-corrected chi connectivity index (χ2v) is 9.60. The zero-order valence-corrected chi connectivity index (χ0v) is 21.6. The van der Waals surface area contributed by atoms with E-state index in [1.807, 2.05) is 19.1 Å². The van der Waals surface area contributed by atoms with Gasteiger partial charge in [-0.15, -0.1) is 0 Å². The minimum Gasteiger partial charge on any atom is -0.490 e. The number of hydrogen-bond donors (Lipinski definition) is 0. The van der Waals surface area contributed by atoms with Gasteiger partial charge >= 0.3 is 0 Å². The summed E-state index contributed by atoms with van der Waals surface area (Å²) in [6.07, 6.45) is 1.64. The maximum atomic E-state index is 13.0. The summed E-state index contributed by atoms with van der Waals surface area (Å²) in [6.45, 7) is 2.43. The van der Waals surface area contributed by atoms with Crippen molar-refractivity contribution in [2.75, 3.05) is 11.5 Å². The highest BCUT2D eigenvalue weighted by molar-refractivity contribution is 9.10. The molecule has 35 heavy (non-hydrogen) atoms. The maximum Gasteiger partial charge on any atom is 0.298 e. The molecule has 4 rings (SSSR count). The molecule has 2 amide bonds. The number of hydrogen-bond acceptors (Lipinski definition) is 6. The predicted octanol–water partition coefficient (Wildman–Crippen LogP) is 7.19. The fourth-order valence-electron chi connectivity index (χ4n) is 3.41. The molecule has 0 saturated carbocycles. The summed E-state index contributed by atoms with van der Waals surface area (Å²) in [6, 6.07) is 19.4. The van der Waals surface area contributed by atoms with Crippen LogP contribution in [0.3, 0.4) is 0 Å². The number of carbonyl (C=O) groups is 2. The van der Waals surface area contributed by atoms with Crippen LogP contribution in [0.25, 0.3) is 6.08 Å². The molecule has 176 valence electrons. The number of amides is 2. The van der Waals surface area contributed by atoms with Crippen molar-refractivity contribution in [3.8, 4) is 17.6 Å². The first-order valence-electron chi connectivity index (χ1n) is 10.5. The van der Waals surface area contributed by atoms with Gasteiger partial charge in [-0.05, 0) is 88.7 Å². The molecule has 0 radical (unpaired) electrons. The SMILES string of the molecule is CCOc1cc(/C=C2/SC(=O)N(c3ccc(Cl)cc3)C2=O)cc(Br)c1OCc1ccccc1C#N. The van der Waals surface area contributed by atoms with Crippen LogP contribution in [0, 0.1) is 11.3 Å². The van der Waals surface area contributed by atoms with E-state index in [9.17, 15) is 14.9 Å². The van der Waals surface area contributed by atoms with Crippen LogP contribution in [-0.4, -0.2) is 17.8 Å². The lowest BCUT2D eigenvalue weighted by Crippen LogP contribution is -2.27. The van der Waals surface area contributed by atoms with Gasteiger partial charge in [-0.2, -0.15) is 5.26 Å². The monoisotopic (exact) mass is 568 g/mol. The van der Waals surface area contributed by atoms with E-state index < -0.39 is 5.91 Å². The van der Waals surface area contributed by atoms with Crippen molar-refractivity contribution in [1.82, 2.24) is 0 Å². The van der Waals surface area contributed by atoms with Crippen molar-refractivity contribution < 1.29 is 19.1 Å². The molecular weight excluding hydrogens is 552 g/mol. The lowest BCUT2D eigenvalue weighted by Gasteiger charge is -2.15. The number of nitrogens with zero attached hydrogens (tertiary/aromatic N) is 2. The van der Waals surface area contributed by atoms with Crippen LogP contribution in [0.2, 0.25) is 5.02 Å². The zero-order chi connectivity index (χ0) is 24.9. The fourth-order valence-corrected chi connectivity index (χ4v) is 4.95. The van der Waals surface area contributed by atoms with E-state index in [4.69, 9.17) is 21.1 Å². The van der Waals surface area contributed by atoms with Gasteiger partial charge in [-0.3, -0.25) is 9.59 Å². The molecular formula is C26H18BrClN2O4S. The first kappa shape index (κ1) is 24.9. The maximum absolute atomic E-state index is 13.0. The Bertz CT molecular complexity index is 1370. The lowest BCUT2D eigenvalue weighted by molar-refractivity contribution is -0.113. The van der Waals surface area contributed by atoms with Gasteiger partial charge < -0.3 is 9.47 Å². The van der Waals surface area contributed by atoms with E-state index in [1.54, 1.807) is 54.6 Å². The lowest BCUT2D eigenvalue weighted by atomic mass is 10.1. The molecule has 1 saturated heterocycles. The Morgan fingerprint density at radius 3 is 2.57 bits per heavy atom. The Kier molecular flexibility index (Phi) is 7.81. The van der Waals surface area contributed by atoms with Gasteiger partial charge in [0.15, 0.2) is 11.5 Å². The molecule has 0 bridgehead atoms. The largest absolute Gasteiger partial charge is 0.490 e. The Labute approximate surface area is 220 Å². The number of ether oxygens (including phenoxy) is 2. The van der Waals surface area contributed by atoms with Gasteiger partial charge in [-0.1, -0.05) is 29.8 Å². The first-order chi connectivity index (χ1) is 16.9. The normalized spacial score (nSPS) is 14.3. The molecule has 0 aliphatic carbocycles. The van der Waals surface area contributed by atoms with Crippen LogP contribution < -0.4 is 14.4 Å². The molecule has 0 N–H and O–H groups in total. The number of benzene rings is 3. The summed E-state index contributed by atoms with van der Waals surface area (Å²) in [5.41, 5.74) is 2.41. The summed E-state index contributed by atoms with van der Waals surface area (Å²) in [5.74, 6) is 0.537. The molecule has 1 aliphatic heterocycles. The number of thioether (sulfide) groups is 1. The average molecular weight is 570 g/mol. The third-order valence-corrected chi connectivity index (χ3v) is 6.73. The van der Waals surface area contributed by atoms with Crippen molar-refractivity contribution in [2.45, 2.75) is 13.5 Å². The molecule has 6 nitrogen and oxygen atoms in total. The second-order valence-electron chi connectivity index (χ2n) is 7.31. The van der Waals surface area contributed by atoms with Crippen molar-refractivity contribution >= 4 is 62.2 Å². The van der Waals surface area contributed by atoms with E-state index in [-0.39, 0.29) is 16.8 Å². The number of rotatable bonds is 7. The molecule has 0 unspecified atom stereocenters. The molecule has 0 atom stereocenters. The van der Waals surface area contributed by atoms with Gasteiger partial charge in [0, 0.05) is 10.6 Å². The molecule has 3 aromatic carbocycles. The highest BCUT2D eigenvalue weighted by atomic mass is 79.9. The third kappa shape index (κ3) is 5.54. The van der Waals surface area contributed by atoms with Crippen molar-refractivity contribution in [3.05, 3.63) is 91.8 Å². The van der Waals surface area contributed by atoms with Crippen molar-refractivity contribution in [2.24, 2.45) is 0 Å². The summed E-state index contributed by atoms with van der Waals surface area (Å²) >= 11 is 10.3. The van der Waals surface area contributed by atoms with E-state index in [0.29, 0.717) is 44.4 Å². The molecule has 0 aromatic heterocycles. The fraction of sp³-hybridized carbons (Fsp3) is 0.115. The summed E-state index contributed by atoms with van der Waals surface area (Å²) in [4.78, 5) is 26.9. The topological polar surface area (TPSA) is 79.6 Å². The highest BCUT2D eigenvalue weighted by Gasteiger charge is 2.36. The van der Waals surface area contributed by atoms with Crippen LogP contribution in [0.4, 0.5) is 10.5 Å². The van der Waals surface area contributed by atoms with Crippen LogP contribution in [0.15, 0.2) is 70.0 Å². The van der Waals surface area contributed by atoms with Crippen LogP contribution in [0.5, 0.6) is 11.5 Å². The number of anilines is 1. The number of halogens is 2. The van der Waals surface area contributed by atoms with Gasteiger partial charge in [0.05, 0.1) is 33.3 Å². The Hall–Kier alpha value is -3.25. The molecule has 1 fully saturated rings. The minimum atomic E-state index is -0.412.